The van der Waals surface area contributed by atoms with Gasteiger partial charge in [0.1, 0.15) is 12.1 Å². The number of Topliss-reactive ketones (excluding diaryl/α,β-unsaturated/α-hetero) is 2. The van der Waals surface area contributed by atoms with Gasteiger partial charge in [-0.25, -0.2) is 0 Å². The van der Waals surface area contributed by atoms with E-state index >= 15 is 0 Å². The first-order valence-corrected chi connectivity index (χ1v) is 13.6. The zero-order valence-corrected chi connectivity index (χ0v) is 22.2. The molecule has 1 aromatic carbocycles. The van der Waals surface area contributed by atoms with Gasteiger partial charge in [-0.15, -0.1) is 0 Å². The van der Waals surface area contributed by atoms with E-state index in [9.17, 15) is 24.0 Å². The maximum absolute atomic E-state index is 13.4. The van der Waals surface area contributed by atoms with E-state index in [1.807, 2.05) is 50.4 Å². The lowest BCUT2D eigenvalue weighted by Crippen LogP contribution is -2.46. The zero-order valence-electron chi connectivity index (χ0n) is 21.4. The van der Waals surface area contributed by atoms with E-state index < -0.39 is 17.9 Å². The highest BCUT2D eigenvalue weighted by molar-refractivity contribution is 7.98. The summed E-state index contributed by atoms with van der Waals surface area (Å²) in [7, 11) is 0. The molecule has 0 radical (unpaired) electrons. The number of thioether (sulfide) groups is 1. The SMILES string of the molecule is CSCCC(CC=O)C(=O)NC(CC(C)C)C(=O)CC(Cc1ccccc1)C(=O)NCCC(C)=O. The van der Waals surface area contributed by atoms with Crippen LogP contribution >= 0.6 is 11.8 Å². The van der Waals surface area contributed by atoms with Gasteiger partial charge in [-0.3, -0.25) is 19.2 Å². The van der Waals surface area contributed by atoms with Crippen LogP contribution in [0.4, 0.5) is 0 Å². The third-order valence-electron chi connectivity index (χ3n) is 5.75. The smallest absolute Gasteiger partial charge is 0.224 e. The second-order valence-corrected chi connectivity index (χ2v) is 10.4. The van der Waals surface area contributed by atoms with Crippen LogP contribution in [0.2, 0.25) is 0 Å². The molecule has 0 saturated heterocycles. The van der Waals surface area contributed by atoms with E-state index in [2.05, 4.69) is 10.6 Å². The summed E-state index contributed by atoms with van der Waals surface area (Å²) in [5.41, 5.74) is 0.930. The number of hydrogen-bond acceptors (Lipinski definition) is 6. The maximum Gasteiger partial charge on any atom is 0.224 e. The number of ketones is 2. The Hall–Kier alpha value is -2.48. The third-order valence-corrected chi connectivity index (χ3v) is 6.40. The monoisotopic (exact) mass is 504 g/mol. The lowest BCUT2D eigenvalue weighted by Gasteiger charge is -2.24. The van der Waals surface area contributed by atoms with E-state index in [0.29, 0.717) is 19.3 Å². The highest BCUT2D eigenvalue weighted by atomic mass is 32.2. The fourth-order valence-electron chi connectivity index (χ4n) is 3.81. The van der Waals surface area contributed by atoms with Crippen molar-refractivity contribution in [3.63, 3.8) is 0 Å². The van der Waals surface area contributed by atoms with Crippen LogP contribution in [0.15, 0.2) is 30.3 Å². The quantitative estimate of drug-likeness (QED) is 0.297. The highest BCUT2D eigenvalue weighted by Gasteiger charge is 2.30. The maximum atomic E-state index is 13.4. The van der Waals surface area contributed by atoms with Gasteiger partial charge < -0.3 is 15.4 Å². The molecule has 3 unspecified atom stereocenters. The van der Waals surface area contributed by atoms with Crippen LogP contribution in [-0.4, -0.2) is 54.3 Å². The number of carbonyl (C=O) groups is 5. The topological polar surface area (TPSA) is 109 Å². The average Bonchev–Trinajstić information content (AvgIpc) is 2.80. The molecule has 35 heavy (non-hydrogen) atoms. The third kappa shape index (κ3) is 12.7. The summed E-state index contributed by atoms with van der Waals surface area (Å²) >= 11 is 1.60. The molecule has 7 nitrogen and oxygen atoms in total. The van der Waals surface area contributed by atoms with Gasteiger partial charge in [0.05, 0.1) is 6.04 Å². The lowest BCUT2D eigenvalue weighted by molar-refractivity contribution is -0.133. The second kappa shape index (κ2) is 17.0. The van der Waals surface area contributed by atoms with Crippen molar-refractivity contribution in [3.8, 4) is 0 Å². The van der Waals surface area contributed by atoms with Crippen LogP contribution in [0.25, 0.3) is 0 Å². The number of rotatable bonds is 18. The Morgan fingerprint density at radius 2 is 1.71 bits per heavy atom. The Kier molecular flexibility index (Phi) is 14.9. The average molecular weight is 505 g/mol. The zero-order chi connectivity index (χ0) is 26.2. The fraction of sp³-hybridized carbons (Fsp3) is 0.593. The number of benzene rings is 1. The molecule has 1 rings (SSSR count). The van der Waals surface area contributed by atoms with E-state index in [0.717, 1.165) is 17.6 Å². The standard InChI is InChI=1S/C27H40N2O5S/c1-19(2)16-24(29-27(34)22(11-14-30)12-15-35-4)25(32)18-23(17-21-8-6-5-7-9-21)26(33)28-13-10-20(3)31/h5-9,14,19,22-24H,10-13,15-18H2,1-4H3,(H,28,33)(H,29,34). The van der Waals surface area contributed by atoms with Crippen molar-refractivity contribution >= 4 is 41.4 Å². The number of carbonyl (C=O) groups excluding carboxylic acids is 5. The molecule has 0 spiro atoms. The molecule has 0 bridgehead atoms. The van der Waals surface area contributed by atoms with Crippen molar-refractivity contribution < 1.29 is 24.0 Å². The van der Waals surface area contributed by atoms with Crippen LogP contribution < -0.4 is 10.6 Å². The van der Waals surface area contributed by atoms with Crippen LogP contribution in [0, 0.1) is 17.8 Å². The molecule has 2 N–H and O–H groups in total. The summed E-state index contributed by atoms with van der Waals surface area (Å²) in [5.74, 6) is -1.00. The second-order valence-electron chi connectivity index (χ2n) is 9.37. The molecule has 0 saturated carbocycles. The number of amides is 2. The molecular weight excluding hydrogens is 464 g/mol. The van der Waals surface area contributed by atoms with Gasteiger partial charge >= 0.3 is 0 Å². The number of hydrogen-bond donors (Lipinski definition) is 2. The molecule has 0 aromatic heterocycles. The van der Waals surface area contributed by atoms with Crippen LogP contribution in [-0.2, 0) is 30.4 Å². The molecule has 3 atom stereocenters. The van der Waals surface area contributed by atoms with Gasteiger partial charge in [-0.1, -0.05) is 44.2 Å². The van der Waals surface area contributed by atoms with Crippen LogP contribution in [0.3, 0.4) is 0 Å². The predicted molar refractivity (Wildman–Crippen MR) is 140 cm³/mol. The largest absolute Gasteiger partial charge is 0.355 e. The molecular formula is C27H40N2O5S. The number of aldehydes is 1. The van der Waals surface area contributed by atoms with Crippen LogP contribution in [0.1, 0.15) is 58.4 Å². The van der Waals surface area contributed by atoms with Gasteiger partial charge in [-0.05, 0) is 49.7 Å². The normalized spacial score (nSPS) is 13.5. The number of nitrogens with one attached hydrogen (secondary N) is 2. The summed E-state index contributed by atoms with van der Waals surface area (Å²) in [5, 5.41) is 5.65. The van der Waals surface area contributed by atoms with E-state index in [1.54, 1.807) is 11.8 Å². The minimum absolute atomic E-state index is 0.0213. The van der Waals surface area contributed by atoms with Gasteiger partial charge in [0, 0.05) is 37.6 Å². The van der Waals surface area contributed by atoms with Crippen molar-refractivity contribution in [2.24, 2.45) is 17.8 Å². The van der Waals surface area contributed by atoms with E-state index in [-0.39, 0.29) is 55.1 Å². The molecule has 1 aromatic rings. The van der Waals surface area contributed by atoms with Gasteiger partial charge in [0.2, 0.25) is 11.8 Å². The predicted octanol–water partition coefficient (Wildman–Crippen LogP) is 3.39. The van der Waals surface area contributed by atoms with Crippen LogP contribution in [0.5, 0.6) is 0 Å². The summed E-state index contributed by atoms with van der Waals surface area (Å²) in [4.78, 5) is 61.6. The lowest BCUT2D eigenvalue weighted by atomic mass is 9.88. The summed E-state index contributed by atoms with van der Waals surface area (Å²) in [6.07, 6.45) is 4.39. The summed E-state index contributed by atoms with van der Waals surface area (Å²) in [6, 6.07) is 8.73. The van der Waals surface area contributed by atoms with Gasteiger partial charge in [0.25, 0.3) is 0 Å². The molecule has 0 heterocycles. The summed E-state index contributed by atoms with van der Waals surface area (Å²) < 4.78 is 0. The van der Waals surface area contributed by atoms with Crippen molar-refractivity contribution in [3.05, 3.63) is 35.9 Å². The first-order chi connectivity index (χ1) is 16.7. The first kappa shape index (κ1) is 30.6. The first-order valence-electron chi connectivity index (χ1n) is 12.2. The van der Waals surface area contributed by atoms with Gasteiger partial charge in [0.15, 0.2) is 5.78 Å². The molecule has 2 amide bonds. The van der Waals surface area contributed by atoms with Crippen molar-refractivity contribution in [1.82, 2.24) is 10.6 Å². The fourth-order valence-corrected chi connectivity index (χ4v) is 4.33. The Morgan fingerprint density at radius 1 is 1.03 bits per heavy atom. The van der Waals surface area contributed by atoms with Gasteiger partial charge in [-0.2, -0.15) is 11.8 Å². The van der Waals surface area contributed by atoms with Crippen molar-refractivity contribution in [1.29, 1.82) is 0 Å². The molecule has 8 heteroatoms. The Balaban J connectivity index is 3.00. The van der Waals surface area contributed by atoms with E-state index in [4.69, 9.17) is 0 Å². The molecule has 0 aliphatic rings. The Labute approximate surface area is 213 Å². The highest BCUT2D eigenvalue weighted by Crippen LogP contribution is 2.18. The molecule has 0 aliphatic heterocycles. The Morgan fingerprint density at radius 3 is 2.29 bits per heavy atom. The molecule has 0 fully saturated rings. The molecule has 194 valence electrons. The minimum Gasteiger partial charge on any atom is -0.355 e. The molecule has 0 aliphatic carbocycles. The summed E-state index contributed by atoms with van der Waals surface area (Å²) in [6.45, 7) is 5.63. The minimum atomic E-state index is -0.728. The van der Waals surface area contributed by atoms with Crippen molar-refractivity contribution in [2.45, 2.75) is 65.3 Å². The Bertz CT molecular complexity index is 828. The van der Waals surface area contributed by atoms with Crippen molar-refractivity contribution in [2.75, 3.05) is 18.6 Å². The van der Waals surface area contributed by atoms with E-state index in [1.165, 1.54) is 6.92 Å².